The molecular weight excluding hydrogens is 862 g/mol. The largest absolute Gasteiger partial charge is 0.472 e. The van der Waals surface area contributed by atoms with E-state index in [2.05, 4.69) is 49.6 Å². The van der Waals surface area contributed by atoms with Crippen molar-refractivity contribution in [1.29, 1.82) is 0 Å². The number of phosphoric ester groups is 2. The predicted octanol–water partition coefficient (Wildman–Crippen LogP) is 12.1. The molecule has 3 unspecified atom stereocenters. The Morgan fingerprint density at radius 3 is 1.64 bits per heavy atom. The van der Waals surface area contributed by atoms with Crippen molar-refractivity contribution in [2.24, 2.45) is 5.92 Å². The van der Waals surface area contributed by atoms with E-state index in [1.165, 1.54) is 103 Å². The van der Waals surface area contributed by atoms with Crippen LogP contribution in [0.15, 0.2) is 36.5 Å². The fraction of sp³-hybridized carbons (Fsp3) is 0.833. The van der Waals surface area contributed by atoms with Gasteiger partial charge < -0.3 is 34.0 Å². The minimum Gasteiger partial charge on any atom is -0.462 e. The van der Waals surface area contributed by atoms with Crippen LogP contribution in [0.4, 0.5) is 0 Å². The zero-order chi connectivity index (χ0) is 47.2. The average Bonchev–Trinajstić information content (AvgIpc) is 4.00. The topological polar surface area (TPSA) is 208 Å². The molecular formula is C48H88O14P2. The van der Waals surface area contributed by atoms with Crippen LogP contribution < -0.4 is 0 Å². The Balaban J connectivity index is 2.34. The van der Waals surface area contributed by atoms with E-state index in [0.29, 0.717) is 19.3 Å². The van der Waals surface area contributed by atoms with Crippen molar-refractivity contribution >= 4 is 27.6 Å². The number of aliphatic hydroxyl groups excluding tert-OH is 1. The smallest absolute Gasteiger partial charge is 0.462 e. The van der Waals surface area contributed by atoms with Crippen LogP contribution in [0.2, 0.25) is 0 Å². The molecule has 0 aromatic rings. The van der Waals surface area contributed by atoms with E-state index in [9.17, 15) is 28.7 Å². The van der Waals surface area contributed by atoms with Gasteiger partial charge in [-0.25, -0.2) is 9.13 Å². The van der Waals surface area contributed by atoms with E-state index in [4.69, 9.17) is 33.0 Å². The molecule has 0 aromatic carbocycles. The zero-order valence-corrected chi connectivity index (χ0v) is 41.5. The SMILES string of the molecule is CCCCC/C=C\C/C=C\CC1OC1C/C=C\CCCC(=O)O[C@H](COC(=O)CCCCCCCCCCCCCCCCCCC(C)C)COP(=O)(O)OC[C@@H](O)COP(=O)(O)O. The van der Waals surface area contributed by atoms with Gasteiger partial charge in [0.2, 0.25) is 0 Å². The Kier molecular flexibility index (Phi) is 37.0. The lowest BCUT2D eigenvalue weighted by Crippen LogP contribution is -2.29. The van der Waals surface area contributed by atoms with Crippen LogP contribution in [0.1, 0.15) is 201 Å². The number of esters is 2. The average molecular weight is 951 g/mol. The minimum atomic E-state index is -4.87. The van der Waals surface area contributed by atoms with Crippen LogP contribution in [0.3, 0.4) is 0 Å². The third-order valence-electron chi connectivity index (χ3n) is 10.9. The molecule has 1 aliphatic heterocycles. The number of carbonyl (C=O) groups is 2. The first-order valence-electron chi connectivity index (χ1n) is 24.7. The number of allylic oxidation sites excluding steroid dienone is 4. The number of epoxide rings is 1. The normalized spacial score (nSPS) is 17.4. The quantitative estimate of drug-likeness (QED) is 0.0147. The lowest BCUT2D eigenvalue weighted by Gasteiger charge is -2.20. The van der Waals surface area contributed by atoms with Crippen LogP contribution in [-0.4, -0.2) is 82.6 Å². The van der Waals surface area contributed by atoms with Gasteiger partial charge in [-0.15, -0.1) is 0 Å². The number of ether oxygens (including phenoxy) is 3. The first kappa shape index (κ1) is 60.3. The molecule has 64 heavy (non-hydrogen) atoms. The number of hydrogen-bond acceptors (Lipinski definition) is 11. The fourth-order valence-electron chi connectivity index (χ4n) is 6.98. The minimum absolute atomic E-state index is 0.0487. The van der Waals surface area contributed by atoms with Gasteiger partial charge in [0, 0.05) is 12.8 Å². The van der Waals surface area contributed by atoms with Gasteiger partial charge in [0.15, 0.2) is 6.10 Å². The fourth-order valence-corrected chi connectivity index (χ4v) is 8.14. The highest BCUT2D eigenvalue weighted by Crippen LogP contribution is 2.44. The Bertz CT molecular complexity index is 1350. The summed E-state index contributed by atoms with van der Waals surface area (Å²) in [6.07, 6.45) is 40.2. The van der Waals surface area contributed by atoms with Gasteiger partial charge in [-0.3, -0.25) is 23.2 Å². The molecule has 0 saturated carbocycles. The van der Waals surface area contributed by atoms with Crippen LogP contribution in [0.5, 0.6) is 0 Å². The first-order chi connectivity index (χ1) is 30.7. The molecule has 0 aromatic heterocycles. The van der Waals surface area contributed by atoms with E-state index >= 15 is 0 Å². The third-order valence-corrected chi connectivity index (χ3v) is 12.3. The second-order valence-corrected chi connectivity index (χ2v) is 20.3. The molecule has 5 atom stereocenters. The van der Waals surface area contributed by atoms with Crippen molar-refractivity contribution in [3.8, 4) is 0 Å². The summed E-state index contributed by atoms with van der Waals surface area (Å²) in [4.78, 5) is 52.9. The monoisotopic (exact) mass is 951 g/mol. The Morgan fingerprint density at radius 2 is 1.06 bits per heavy atom. The van der Waals surface area contributed by atoms with Crippen molar-refractivity contribution in [2.45, 2.75) is 225 Å². The van der Waals surface area contributed by atoms with Crippen molar-refractivity contribution in [2.75, 3.05) is 26.4 Å². The Labute approximate surface area is 386 Å². The summed E-state index contributed by atoms with van der Waals surface area (Å²) in [7, 11) is -9.70. The summed E-state index contributed by atoms with van der Waals surface area (Å²) in [5.41, 5.74) is 0. The molecule has 1 aliphatic rings. The number of unbranched alkanes of at least 4 members (excludes halogenated alkanes) is 19. The number of carbonyl (C=O) groups excluding carboxylic acids is 2. The maximum atomic E-state index is 12.7. The molecule has 374 valence electrons. The second-order valence-electron chi connectivity index (χ2n) is 17.6. The van der Waals surface area contributed by atoms with Crippen molar-refractivity contribution in [3.63, 3.8) is 0 Å². The van der Waals surface area contributed by atoms with E-state index in [0.717, 1.165) is 50.9 Å². The molecule has 1 fully saturated rings. The molecule has 1 saturated heterocycles. The highest BCUT2D eigenvalue weighted by molar-refractivity contribution is 7.47. The van der Waals surface area contributed by atoms with Gasteiger partial charge in [-0.05, 0) is 57.3 Å². The lowest BCUT2D eigenvalue weighted by molar-refractivity contribution is -0.161. The molecule has 0 aliphatic carbocycles. The van der Waals surface area contributed by atoms with Gasteiger partial charge in [0.05, 0.1) is 32.0 Å². The maximum absolute atomic E-state index is 12.7. The standard InChI is InChI=1S/C48H88O14P2/c1-4-5-6-7-8-17-21-24-29-34-45-46(62-45)35-30-26-27-32-37-48(51)61-44(41-60-64(55,56)59-39-43(49)38-58-63(52,53)54)40-57-47(50)36-31-25-22-19-16-14-12-10-9-11-13-15-18-20-23-28-33-42(2)3/h8,17,24,26,29-30,42-46,49H,4-7,9-16,18-23,25,27-28,31-41H2,1-3H3,(H,55,56)(H2,52,53,54)/b17-8-,29-24-,30-26-/t43-,44+,45?,46?/m0/s1. The second kappa shape index (κ2) is 39.3. The highest BCUT2D eigenvalue weighted by Gasteiger charge is 2.36. The summed E-state index contributed by atoms with van der Waals surface area (Å²) in [5, 5.41) is 9.78. The van der Waals surface area contributed by atoms with E-state index in [-0.39, 0.29) is 25.0 Å². The number of aliphatic hydroxyl groups is 1. The molecule has 1 rings (SSSR count). The van der Waals surface area contributed by atoms with E-state index in [1.807, 2.05) is 12.2 Å². The van der Waals surface area contributed by atoms with Gasteiger partial charge in [-0.1, -0.05) is 173 Å². The molecule has 0 amide bonds. The number of rotatable bonds is 45. The zero-order valence-electron chi connectivity index (χ0n) is 39.7. The Morgan fingerprint density at radius 1 is 0.578 bits per heavy atom. The van der Waals surface area contributed by atoms with E-state index in [1.54, 1.807) is 0 Å². The van der Waals surface area contributed by atoms with Crippen LogP contribution in [0, 0.1) is 5.92 Å². The molecule has 4 N–H and O–H groups in total. The third kappa shape index (κ3) is 40.6. The summed E-state index contributed by atoms with van der Waals surface area (Å²) >= 11 is 0. The first-order valence-corrected chi connectivity index (χ1v) is 27.7. The highest BCUT2D eigenvalue weighted by atomic mass is 31.2. The van der Waals surface area contributed by atoms with Crippen molar-refractivity contribution in [1.82, 2.24) is 0 Å². The lowest BCUT2D eigenvalue weighted by atomic mass is 10.0. The van der Waals surface area contributed by atoms with E-state index < -0.39 is 66.2 Å². The Hall–Kier alpha value is -1.70. The van der Waals surface area contributed by atoms with Crippen LogP contribution in [-0.2, 0) is 46.5 Å². The summed E-state index contributed by atoms with van der Waals surface area (Å²) in [6, 6.07) is 0. The number of phosphoric acid groups is 2. The molecule has 1 heterocycles. The van der Waals surface area contributed by atoms with Gasteiger partial charge >= 0.3 is 27.6 Å². The maximum Gasteiger partial charge on any atom is 0.472 e. The molecule has 0 bridgehead atoms. The van der Waals surface area contributed by atoms with Gasteiger partial charge in [0.25, 0.3) is 0 Å². The molecule has 14 nitrogen and oxygen atoms in total. The van der Waals surface area contributed by atoms with Crippen LogP contribution in [0.25, 0.3) is 0 Å². The summed E-state index contributed by atoms with van der Waals surface area (Å²) < 4.78 is 53.7. The molecule has 0 radical (unpaired) electrons. The molecule has 0 spiro atoms. The van der Waals surface area contributed by atoms with Crippen molar-refractivity contribution in [3.05, 3.63) is 36.5 Å². The molecule has 16 heteroatoms. The predicted molar refractivity (Wildman–Crippen MR) is 252 cm³/mol. The van der Waals surface area contributed by atoms with Crippen LogP contribution >= 0.6 is 15.6 Å². The van der Waals surface area contributed by atoms with Crippen molar-refractivity contribution < 1.29 is 66.3 Å². The van der Waals surface area contributed by atoms with Gasteiger partial charge in [0.1, 0.15) is 12.7 Å². The summed E-state index contributed by atoms with van der Waals surface area (Å²) in [6.45, 7) is 4.03. The number of hydrogen-bond donors (Lipinski definition) is 4. The van der Waals surface area contributed by atoms with Gasteiger partial charge in [-0.2, -0.15) is 0 Å². The summed E-state index contributed by atoms with van der Waals surface area (Å²) in [5.74, 6) is -0.276.